The van der Waals surface area contributed by atoms with Crippen molar-refractivity contribution in [2.75, 3.05) is 0 Å². The van der Waals surface area contributed by atoms with Crippen molar-refractivity contribution in [3.05, 3.63) is 22.4 Å². The zero-order chi connectivity index (χ0) is 9.84. The lowest BCUT2D eigenvalue weighted by molar-refractivity contribution is -0.139. The van der Waals surface area contributed by atoms with Crippen LogP contribution in [0.1, 0.15) is 24.8 Å². The summed E-state index contributed by atoms with van der Waals surface area (Å²) in [6.07, 6.45) is 0. The van der Waals surface area contributed by atoms with Crippen molar-refractivity contribution in [1.29, 1.82) is 0 Å². The third-order valence-corrected chi connectivity index (χ3v) is 2.51. The average molecular weight is 199 g/mol. The molecule has 3 nitrogen and oxygen atoms in total. The van der Waals surface area contributed by atoms with Gasteiger partial charge in [0.2, 0.25) is 0 Å². The number of hydrogen-bond acceptors (Lipinski definition) is 3. The molecule has 4 heteroatoms. The molecular weight excluding hydrogens is 186 g/mol. The molecule has 72 valence electrons. The quantitative estimate of drug-likeness (QED) is 0.778. The molecule has 0 amide bonds. The Labute approximate surface area is 81.4 Å². The van der Waals surface area contributed by atoms with E-state index in [0.717, 1.165) is 4.88 Å². The van der Waals surface area contributed by atoms with Crippen molar-refractivity contribution in [2.24, 2.45) is 0 Å². The van der Waals surface area contributed by atoms with Gasteiger partial charge in [0, 0.05) is 10.9 Å². The smallest absolute Gasteiger partial charge is 0.326 e. The van der Waals surface area contributed by atoms with Crippen LogP contribution in [0.3, 0.4) is 0 Å². The molecule has 1 unspecified atom stereocenters. The second-order valence-electron chi connectivity index (χ2n) is 3.11. The average Bonchev–Trinajstić information content (AvgIpc) is 2.50. The fourth-order valence-corrected chi connectivity index (χ4v) is 1.84. The maximum atomic E-state index is 10.9. The monoisotopic (exact) mass is 199 g/mol. The lowest BCUT2D eigenvalue weighted by Gasteiger charge is -2.15. The third kappa shape index (κ3) is 2.82. The van der Waals surface area contributed by atoms with Gasteiger partial charge < -0.3 is 5.11 Å². The summed E-state index contributed by atoms with van der Waals surface area (Å²) < 4.78 is 0. The molecule has 0 saturated carbocycles. The molecular formula is C9H13NO2S. The number of nitrogens with one attached hydrogen (secondary N) is 1. The van der Waals surface area contributed by atoms with E-state index in [1.54, 1.807) is 0 Å². The largest absolute Gasteiger partial charge is 0.480 e. The highest BCUT2D eigenvalue weighted by molar-refractivity contribution is 7.10. The Morgan fingerprint density at radius 1 is 1.62 bits per heavy atom. The zero-order valence-corrected chi connectivity index (χ0v) is 8.47. The van der Waals surface area contributed by atoms with Crippen LogP contribution in [0.5, 0.6) is 0 Å². The van der Waals surface area contributed by atoms with Crippen molar-refractivity contribution in [2.45, 2.75) is 25.9 Å². The van der Waals surface area contributed by atoms with E-state index in [-0.39, 0.29) is 6.04 Å². The minimum absolute atomic E-state index is 0.170. The summed E-state index contributed by atoms with van der Waals surface area (Å²) in [6, 6.07) is 3.29. The summed E-state index contributed by atoms with van der Waals surface area (Å²) in [7, 11) is 0. The first kappa shape index (κ1) is 10.2. The number of hydrogen-bond donors (Lipinski definition) is 2. The van der Waals surface area contributed by atoms with Gasteiger partial charge in [0.1, 0.15) is 6.04 Å². The van der Waals surface area contributed by atoms with Crippen LogP contribution < -0.4 is 5.32 Å². The van der Waals surface area contributed by atoms with E-state index in [1.165, 1.54) is 11.3 Å². The van der Waals surface area contributed by atoms with Gasteiger partial charge in [-0.3, -0.25) is 10.1 Å². The Morgan fingerprint density at radius 2 is 2.31 bits per heavy atom. The number of carbonyl (C=O) groups is 1. The molecule has 0 saturated heterocycles. The van der Waals surface area contributed by atoms with Crippen LogP contribution in [0.4, 0.5) is 0 Å². The summed E-state index contributed by atoms with van der Waals surface area (Å²) in [5.41, 5.74) is 0. The van der Waals surface area contributed by atoms with Gasteiger partial charge in [-0.2, -0.15) is 0 Å². The first-order valence-electron chi connectivity index (χ1n) is 4.13. The van der Waals surface area contributed by atoms with Crippen LogP contribution >= 0.6 is 11.3 Å². The predicted molar refractivity (Wildman–Crippen MR) is 53.0 cm³/mol. The first-order valence-corrected chi connectivity index (χ1v) is 5.01. The fourth-order valence-electron chi connectivity index (χ4n) is 1.06. The normalized spacial score (nSPS) is 13.2. The molecule has 1 aromatic rings. The lowest BCUT2D eigenvalue weighted by Crippen LogP contribution is -2.32. The van der Waals surface area contributed by atoms with Gasteiger partial charge in [-0.25, -0.2) is 0 Å². The van der Waals surface area contributed by atoms with Crippen LogP contribution in [-0.4, -0.2) is 17.1 Å². The molecule has 0 aliphatic rings. The second-order valence-corrected chi connectivity index (χ2v) is 4.09. The molecule has 13 heavy (non-hydrogen) atoms. The summed E-state index contributed by atoms with van der Waals surface area (Å²) >= 11 is 1.46. The predicted octanol–water partition coefficient (Wildman–Crippen LogP) is 1.87. The van der Waals surface area contributed by atoms with Crippen LogP contribution in [-0.2, 0) is 4.79 Å². The van der Waals surface area contributed by atoms with Crippen molar-refractivity contribution < 1.29 is 9.90 Å². The summed E-state index contributed by atoms with van der Waals surface area (Å²) in [4.78, 5) is 11.7. The minimum atomic E-state index is -0.823. The maximum Gasteiger partial charge on any atom is 0.326 e. The Hall–Kier alpha value is -0.870. The Bertz CT molecular complexity index is 269. The van der Waals surface area contributed by atoms with E-state index < -0.39 is 12.0 Å². The van der Waals surface area contributed by atoms with Crippen LogP contribution in [0, 0.1) is 0 Å². The van der Waals surface area contributed by atoms with E-state index in [4.69, 9.17) is 5.11 Å². The number of carboxylic acids is 1. The molecule has 0 aromatic carbocycles. The van der Waals surface area contributed by atoms with E-state index in [9.17, 15) is 4.79 Å². The van der Waals surface area contributed by atoms with Crippen molar-refractivity contribution in [3.8, 4) is 0 Å². The molecule has 1 aromatic heterocycles. The Balaban J connectivity index is 2.75. The number of thiophene rings is 1. The number of rotatable bonds is 4. The van der Waals surface area contributed by atoms with Gasteiger partial charge in [-0.1, -0.05) is 6.07 Å². The summed E-state index contributed by atoms with van der Waals surface area (Å²) in [5.74, 6) is -0.823. The van der Waals surface area contributed by atoms with Crippen molar-refractivity contribution in [3.63, 3.8) is 0 Å². The molecule has 0 aliphatic carbocycles. The molecule has 1 rings (SSSR count). The molecule has 1 heterocycles. The van der Waals surface area contributed by atoms with Crippen molar-refractivity contribution in [1.82, 2.24) is 5.32 Å². The van der Waals surface area contributed by atoms with Gasteiger partial charge in [0.05, 0.1) is 0 Å². The highest BCUT2D eigenvalue weighted by Gasteiger charge is 2.20. The van der Waals surface area contributed by atoms with Gasteiger partial charge in [0.25, 0.3) is 0 Å². The summed E-state index contributed by atoms with van der Waals surface area (Å²) in [5, 5.41) is 13.8. The standard InChI is InChI=1S/C9H13NO2S/c1-6(2)10-8(9(11)12)7-4-3-5-13-7/h3-6,8,10H,1-2H3,(H,11,12). The Morgan fingerprint density at radius 3 is 2.69 bits per heavy atom. The highest BCUT2D eigenvalue weighted by atomic mass is 32.1. The van der Waals surface area contributed by atoms with E-state index in [1.807, 2.05) is 31.4 Å². The zero-order valence-electron chi connectivity index (χ0n) is 7.65. The van der Waals surface area contributed by atoms with Gasteiger partial charge in [-0.05, 0) is 25.3 Å². The van der Waals surface area contributed by atoms with Crippen LogP contribution in [0.25, 0.3) is 0 Å². The molecule has 2 N–H and O–H groups in total. The molecule has 0 radical (unpaired) electrons. The number of carboxylic acid groups (broad SMARTS) is 1. The SMILES string of the molecule is CC(C)NC(C(=O)O)c1cccs1. The number of aliphatic carboxylic acids is 1. The van der Waals surface area contributed by atoms with E-state index >= 15 is 0 Å². The van der Waals surface area contributed by atoms with Gasteiger partial charge in [0.15, 0.2) is 0 Å². The van der Waals surface area contributed by atoms with E-state index in [2.05, 4.69) is 5.32 Å². The van der Waals surface area contributed by atoms with E-state index in [0.29, 0.717) is 0 Å². The third-order valence-electron chi connectivity index (χ3n) is 1.57. The molecule has 0 spiro atoms. The highest BCUT2D eigenvalue weighted by Crippen LogP contribution is 2.19. The molecule has 0 fully saturated rings. The van der Waals surface area contributed by atoms with Crippen molar-refractivity contribution >= 4 is 17.3 Å². The van der Waals surface area contributed by atoms with Gasteiger partial charge in [-0.15, -0.1) is 11.3 Å². The molecule has 0 aliphatic heterocycles. The lowest BCUT2D eigenvalue weighted by atomic mass is 10.2. The summed E-state index contributed by atoms with van der Waals surface area (Å²) in [6.45, 7) is 3.87. The maximum absolute atomic E-state index is 10.9. The minimum Gasteiger partial charge on any atom is -0.480 e. The molecule has 1 atom stereocenters. The van der Waals surface area contributed by atoms with Crippen LogP contribution in [0.2, 0.25) is 0 Å². The van der Waals surface area contributed by atoms with Gasteiger partial charge >= 0.3 is 5.97 Å². The fraction of sp³-hybridized carbons (Fsp3) is 0.444. The topological polar surface area (TPSA) is 49.3 Å². The Kier molecular flexibility index (Phi) is 3.45. The second kappa shape index (κ2) is 4.39. The molecule has 0 bridgehead atoms. The van der Waals surface area contributed by atoms with Crippen LogP contribution in [0.15, 0.2) is 17.5 Å². The first-order chi connectivity index (χ1) is 6.11.